The van der Waals surface area contributed by atoms with Crippen LogP contribution in [0.2, 0.25) is 5.02 Å². The third-order valence-electron chi connectivity index (χ3n) is 6.14. The lowest BCUT2D eigenvalue weighted by molar-refractivity contribution is -0.123. The first kappa shape index (κ1) is 22.6. The molecule has 1 unspecified atom stereocenters. The number of carbonyl (C=O) groups excluding carboxylic acids is 2. The van der Waals surface area contributed by atoms with Gasteiger partial charge in [0.05, 0.1) is 19.3 Å². The molecule has 174 valence electrons. The Hall–Kier alpha value is -3.16. The molecule has 1 atom stereocenters. The van der Waals surface area contributed by atoms with E-state index < -0.39 is 4.87 Å². The minimum atomic E-state index is -1.16. The molecular weight excluding hydrogens is 470 g/mol. The Labute approximate surface area is 207 Å². The zero-order valence-corrected chi connectivity index (χ0v) is 20.4. The van der Waals surface area contributed by atoms with E-state index in [0.717, 1.165) is 22.4 Å². The molecule has 1 spiro atoms. The highest BCUT2D eigenvalue weighted by atomic mass is 35.5. The van der Waals surface area contributed by atoms with Crippen LogP contribution in [0.15, 0.2) is 66.7 Å². The third kappa shape index (κ3) is 3.79. The van der Waals surface area contributed by atoms with Crippen molar-refractivity contribution in [3.05, 3.63) is 88.4 Å². The highest BCUT2D eigenvalue weighted by Crippen LogP contribution is 2.55. The van der Waals surface area contributed by atoms with E-state index >= 15 is 0 Å². The van der Waals surface area contributed by atoms with E-state index in [1.165, 1.54) is 11.8 Å². The van der Waals surface area contributed by atoms with Crippen LogP contribution in [-0.4, -0.2) is 36.2 Å². The number of fused-ring (bicyclic) bond motifs is 2. The summed E-state index contributed by atoms with van der Waals surface area (Å²) in [5.41, 5.74) is 4.29. The lowest BCUT2D eigenvalue weighted by Gasteiger charge is -2.33. The van der Waals surface area contributed by atoms with Gasteiger partial charge in [0.2, 0.25) is 0 Å². The van der Waals surface area contributed by atoms with Crippen molar-refractivity contribution in [2.24, 2.45) is 0 Å². The second-order valence-electron chi connectivity index (χ2n) is 8.35. The van der Waals surface area contributed by atoms with Crippen LogP contribution >= 0.6 is 23.4 Å². The Kier molecular flexibility index (Phi) is 5.91. The molecular formula is C26H24ClN3O3S. The Morgan fingerprint density at radius 2 is 1.97 bits per heavy atom. The SMILES string of the molecule is COc1cccc(NC(=O)N2CCSC23C(=O)N(Cc2cccc(C)c2)c2ccc(Cl)cc23)c1. The van der Waals surface area contributed by atoms with Gasteiger partial charge in [-0.3, -0.25) is 9.69 Å². The van der Waals surface area contributed by atoms with E-state index in [4.69, 9.17) is 16.3 Å². The van der Waals surface area contributed by atoms with E-state index in [2.05, 4.69) is 11.4 Å². The number of methoxy groups -OCH3 is 1. The van der Waals surface area contributed by atoms with Crippen LogP contribution in [0.5, 0.6) is 5.75 Å². The summed E-state index contributed by atoms with van der Waals surface area (Å²) in [7, 11) is 1.58. The summed E-state index contributed by atoms with van der Waals surface area (Å²) in [6, 6.07) is 20.4. The summed E-state index contributed by atoms with van der Waals surface area (Å²) in [6.07, 6.45) is 0. The van der Waals surface area contributed by atoms with Crippen LogP contribution < -0.4 is 15.0 Å². The minimum Gasteiger partial charge on any atom is -0.497 e. The maximum atomic E-state index is 14.1. The van der Waals surface area contributed by atoms with E-state index in [1.54, 1.807) is 35.1 Å². The van der Waals surface area contributed by atoms with Gasteiger partial charge in [0.15, 0.2) is 4.87 Å². The maximum absolute atomic E-state index is 14.1. The van der Waals surface area contributed by atoms with Gasteiger partial charge >= 0.3 is 6.03 Å². The van der Waals surface area contributed by atoms with Gasteiger partial charge in [0.25, 0.3) is 5.91 Å². The largest absolute Gasteiger partial charge is 0.497 e. The number of halogens is 1. The summed E-state index contributed by atoms with van der Waals surface area (Å²) in [4.78, 5) is 29.8. The predicted molar refractivity (Wildman–Crippen MR) is 137 cm³/mol. The molecule has 0 bridgehead atoms. The van der Waals surface area contributed by atoms with Crippen LogP contribution in [0.3, 0.4) is 0 Å². The van der Waals surface area contributed by atoms with Gasteiger partial charge in [-0.2, -0.15) is 0 Å². The van der Waals surface area contributed by atoms with Crippen molar-refractivity contribution in [3.63, 3.8) is 0 Å². The van der Waals surface area contributed by atoms with Crippen LogP contribution in [0, 0.1) is 6.92 Å². The van der Waals surface area contributed by atoms with Gasteiger partial charge in [-0.1, -0.05) is 47.5 Å². The molecule has 3 aromatic carbocycles. The molecule has 2 heterocycles. The second kappa shape index (κ2) is 8.89. The normalized spacial score (nSPS) is 19.0. The van der Waals surface area contributed by atoms with Crippen LogP contribution in [-0.2, 0) is 16.2 Å². The summed E-state index contributed by atoms with van der Waals surface area (Å²) in [5, 5.41) is 3.47. The fraction of sp³-hybridized carbons (Fsp3) is 0.231. The van der Waals surface area contributed by atoms with Crippen LogP contribution in [0.25, 0.3) is 0 Å². The summed E-state index contributed by atoms with van der Waals surface area (Å²) in [6.45, 7) is 2.89. The van der Waals surface area contributed by atoms with Gasteiger partial charge in [0.1, 0.15) is 5.75 Å². The molecule has 6 nitrogen and oxygen atoms in total. The van der Waals surface area contributed by atoms with Gasteiger partial charge in [-0.15, -0.1) is 11.8 Å². The zero-order chi connectivity index (χ0) is 23.9. The Balaban J connectivity index is 1.52. The van der Waals surface area contributed by atoms with Crippen LogP contribution in [0.1, 0.15) is 16.7 Å². The Morgan fingerprint density at radius 1 is 1.15 bits per heavy atom. The average Bonchev–Trinajstić information content (AvgIpc) is 3.36. The second-order valence-corrected chi connectivity index (χ2v) is 10.1. The molecule has 0 radical (unpaired) electrons. The van der Waals surface area contributed by atoms with E-state index in [-0.39, 0.29) is 11.9 Å². The molecule has 1 N–H and O–H groups in total. The van der Waals surface area contributed by atoms with E-state index in [9.17, 15) is 9.59 Å². The number of ether oxygens (including phenoxy) is 1. The number of anilines is 2. The smallest absolute Gasteiger partial charge is 0.323 e. The van der Waals surface area contributed by atoms with Gasteiger partial charge in [-0.05, 0) is 42.8 Å². The molecule has 8 heteroatoms. The number of urea groups is 1. The molecule has 2 aliphatic heterocycles. The average molecular weight is 494 g/mol. The number of rotatable bonds is 4. The highest BCUT2D eigenvalue weighted by molar-refractivity contribution is 8.01. The molecule has 0 aromatic heterocycles. The molecule has 34 heavy (non-hydrogen) atoms. The number of hydrogen-bond acceptors (Lipinski definition) is 4. The molecule has 1 fully saturated rings. The first-order valence-corrected chi connectivity index (χ1v) is 12.3. The fourth-order valence-corrected chi connectivity index (χ4v) is 6.25. The first-order valence-electron chi connectivity index (χ1n) is 11.0. The molecule has 2 aliphatic rings. The topological polar surface area (TPSA) is 61.9 Å². The van der Waals surface area contributed by atoms with Crippen molar-refractivity contribution < 1.29 is 14.3 Å². The lowest BCUT2D eigenvalue weighted by Crippen LogP contribution is -2.51. The molecule has 1 saturated heterocycles. The number of carbonyl (C=O) groups is 2. The van der Waals surface area contributed by atoms with Crippen molar-refractivity contribution in [1.82, 2.24) is 4.90 Å². The quantitative estimate of drug-likeness (QED) is 0.511. The van der Waals surface area contributed by atoms with E-state index in [1.807, 2.05) is 49.4 Å². The number of benzene rings is 3. The highest BCUT2D eigenvalue weighted by Gasteiger charge is 2.59. The number of hydrogen-bond donors (Lipinski definition) is 1. The Bertz CT molecular complexity index is 1280. The minimum absolute atomic E-state index is 0.130. The van der Waals surface area contributed by atoms with Gasteiger partial charge < -0.3 is 15.0 Å². The molecule has 0 aliphatic carbocycles. The molecule has 5 rings (SSSR count). The lowest BCUT2D eigenvalue weighted by atomic mass is 10.1. The number of thioether (sulfide) groups is 1. The van der Waals surface area contributed by atoms with Crippen molar-refractivity contribution in [3.8, 4) is 5.75 Å². The summed E-state index contributed by atoms with van der Waals surface area (Å²) in [5.74, 6) is 1.15. The third-order valence-corrected chi connectivity index (χ3v) is 7.80. The summed E-state index contributed by atoms with van der Waals surface area (Å²) >= 11 is 7.85. The maximum Gasteiger partial charge on any atom is 0.323 e. The molecule has 3 amide bonds. The fourth-order valence-electron chi connectivity index (χ4n) is 4.63. The monoisotopic (exact) mass is 493 g/mol. The predicted octanol–water partition coefficient (Wildman–Crippen LogP) is 5.64. The first-order chi connectivity index (χ1) is 16.4. The number of aryl methyl sites for hydroxylation is 1. The molecule has 3 aromatic rings. The number of nitrogens with zero attached hydrogens (tertiary/aromatic N) is 2. The molecule has 0 saturated carbocycles. The number of nitrogens with one attached hydrogen (secondary N) is 1. The number of amides is 3. The van der Waals surface area contributed by atoms with Crippen LogP contribution in [0.4, 0.5) is 16.2 Å². The van der Waals surface area contributed by atoms with Crippen molar-refractivity contribution in [1.29, 1.82) is 0 Å². The van der Waals surface area contributed by atoms with Gasteiger partial charge in [0, 0.05) is 34.6 Å². The zero-order valence-electron chi connectivity index (χ0n) is 18.9. The van der Waals surface area contributed by atoms with E-state index in [0.29, 0.717) is 35.3 Å². The summed E-state index contributed by atoms with van der Waals surface area (Å²) < 4.78 is 5.27. The van der Waals surface area contributed by atoms with Crippen molar-refractivity contribution >= 4 is 46.7 Å². The van der Waals surface area contributed by atoms with Gasteiger partial charge in [-0.25, -0.2) is 4.79 Å². The standard InChI is InChI=1S/C26H24ClN3O3S/c1-17-5-3-6-18(13-17)16-29-23-10-9-19(27)14-22(23)26(24(29)31)30(11-12-34-26)25(32)28-20-7-4-8-21(15-20)33-2/h3-10,13-15H,11-12,16H2,1-2H3,(H,28,32). The van der Waals surface area contributed by atoms with Crippen molar-refractivity contribution in [2.45, 2.75) is 18.3 Å². The Morgan fingerprint density at radius 3 is 2.76 bits per heavy atom. The van der Waals surface area contributed by atoms with Crippen molar-refractivity contribution in [2.75, 3.05) is 29.6 Å².